The first-order chi connectivity index (χ1) is 6.70. The number of anilines is 1. The summed E-state index contributed by atoms with van der Waals surface area (Å²) in [6, 6.07) is 0. The third-order valence-corrected chi connectivity index (χ3v) is 2.75. The van der Waals surface area contributed by atoms with Gasteiger partial charge in [-0.2, -0.15) is 0 Å². The summed E-state index contributed by atoms with van der Waals surface area (Å²) in [7, 11) is 0. The van der Waals surface area contributed by atoms with Crippen LogP contribution in [0.2, 0.25) is 0 Å². The van der Waals surface area contributed by atoms with Gasteiger partial charge in [0, 0.05) is 0 Å². The van der Waals surface area contributed by atoms with Gasteiger partial charge in [-0.15, -0.1) is 11.3 Å². The number of nitrogen functional groups attached to an aromatic ring is 1. The van der Waals surface area contributed by atoms with Crippen molar-refractivity contribution < 1.29 is 9.53 Å². The Morgan fingerprint density at radius 2 is 2.29 bits per heavy atom. The van der Waals surface area contributed by atoms with Crippen molar-refractivity contribution in [3.63, 3.8) is 0 Å². The molecule has 0 spiro atoms. The van der Waals surface area contributed by atoms with Crippen LogP contribution in [0.25, 0.3) is 0 Å². The highest BCUT2D eigenvalue weighted by molar-refractivity contribution is 7.14. The Bertz CT molecular complexity index is 320. The second-order valence-electron chi connectivity index (χ2n) is 2.97. The molecule has 0 aliphatic carbocycles. The minimum atomic E-state index is -0.297. The minimum Gasteiger partial charge on any atom is -0.462 e. The Balaban J connectivity index is 2.92. The van der Waals surface area contributed by atoms with Crippen molar-refractivity contribution in [1.29, 1.82) is 0 Å². The van der Waals surface area contributed by atoms with E-state index in [1.807, 2.05) is 5.38 Å². The maximum Gasteiger partial charge on any atom is 0.341 e. The second-order valence-corrected chi connectivity index (χ2v) is 3.88. The van der Waals surface area contributed by atoms with Crippen molar-refractivity contribution in [1.82, 2.24) is 0 Å². The van der Waals surface area contributed by atoms with Crippen LogP contribution < -0.4 is 5.73 Å². The van der Waals surface area contributed by atoms with Gasteiger partial charge in [0.2, 0.25) is 0 Å². The van der Waals surface area contributed by atoms with Crippen LogP contribution in [0, 0.1) is 0 Å². The summed E-state index contributed by atoms with van der Waals surface area (Å²) in [5.41, 5.74) is 7.30. The van der Waals surface area contributed by atoms with Gasteiger partial charge in [0.15, 0.2) is 0 Å². The number of thiophene rings is 1. The highest BCUT2D eigenvalue weighted by Crippen LogP contribution is 2.26. The van der Waals surface area contributed by atoms with Crippen LogP contribution in [0.4, 0.5) is 5.00 Å². The van der Waals surface area contributed by atoms with E-state index >= 15 is 0 Å². The molecule has 0 aromatic carbocycles. The van der Waals surface area contributed by atoms with Crippen LogP contribution in [0.1, 0.15) is 36.2 Å². The topological polar surface area (TPSA) is 52.3 Å². The Morgan fingerprint density at radius 1 is 1.57 bits per heavy atom. The molecule has 0 unspecified atom stereocenters. The molecule has 78 valence electrons. The summed E-state index contributed by atoms with van der Waals surface area (Å²) in [5.74, 6) is -0.297. The largest absolute Gasteiger partial charge is 0.462 e. The zero-order valence-electron chi connectivity index (χ0n) is 8.50. The maximum atomic E-state index is 11.5. The molecule has 0 radical (unpaired) electrons. The van der Waals surface area contributed by atoms with Gasteiger partial charge in [0.05, 0.1) is 12.2 Å². The number of carbonyl (C=O) groups is 1. The third-order valence-electron chi connectivity index (χ3n) is 1.89. The lowest BCUT2D eigenvalue weighted by atomic mass is 10.1. The van der Waals surface area contributed by atoms with E-state index in [0.29, 0.717) is 17.2 Å². The minimum absolute atomic E-state index is 0.297. The highest BCUT2D eigenvalue weighted by atomic mass is 32.1. The molecule has 0 aliphatic heterocycles. The Kier molecular flexibility index (Phi) is 3.95. The number of carbonyl (C=O) groups excluding carboxylic acids is 1. The molecule has 0 atom stereocenters. The normalized spacial score (nSPS) is 10.1. The van der Waals surface area contributed by atoms with Gasteiger partial charge in [-0.3, -0.25) is 0 Å². The molecule has 0 aliphatic rings. The van der Waals surface area contributed by atoms with E-state index in [9.17, 15) is 4.79 Å². The molecule has 0 amide bonds. The summed E-state index contributed by atoms with van der Waals surface area (Å²) in [5, 5.41) is 2.50. The van der Waals surface area contributed by atoms with Crippen LogP contribution >= 0.6 is 11.3 Å². The summed E-state index contributed by atoms with van der Waals surface area (Å²) in [6.45, 7) is 4.25. The number of aryl methyl sites for hydroxylation is 1. The number of esters is 1. The van der Waals surface area contributed by atoms with E-state index in [1.54, 1.807) is 6.92 Å². The summed E-state index contributed by atoms with van der Waals surface area (Å²) in [4.78, 5) is 11.5. The average Bonchev–Trinajstić information content (AvgIpc) is 2.48. The lowest BCUT2D eigenvalue weighted by Crippen LogP contribution is -2.08. The molecule has 0 fully saturated rings. The molecule has 2 N–H and O–H groups in total. The Hall–Kier alpha value is -1.03. The molecule has 1 aromatic rings. The smallest absolute Gasteiger partial charge is 0.341 e. The standard InChI is InChI=1S/C10H15NO2S/c1-3-5-7-6-14-9(11)8(7)10(12)13-4-2/h6H,3-5,11H2,1-2H3. The van der Waals surface area contributed by atoms with Gasteiger partial charge >= 0.3 is 5.97 Å². The van der Waals surface area contributed by atoms with Gasteiger partial charge < -0.3 is 10.5 Å². The predicted molar refractivity (Wildman–Crippen MR) is 58.7 cm³/mol. The molecular weight excluding hydrogens is 198 g/mol. The van der Waals surface area contributed by atoms with Crippen LogP contribution in [-0.4, -0.2) is 12.6 Å². The van der Waals surface area contributed by atoms with E-state index in [-0.39, 0.29) is 5.97 Å². The molecule has 3 nitrogen and oxygen atoms in total. The van der Waals surface area contributed by atoms with Gasteiger partial charge in [0.1, 0.15) is 5.00 Å². The molecule has 0 saturated carbocycles. The Labute approximate surface area is 87.9 Å². The van der Waals surface area contributed by atoms with Crippen molar-refractivity contribution in [3.05, 3.63) is 16.5 Å². The van der Waals surface area contributed by atoms with Gasteiger partial charge in [0.25, 0.3) is 0 Å². The third kappa shape index (κ3) is 2.26. The number of hydrogen-bond donors (Lipinski definition) is 1. The summed E-state index contributed by atoms with van der Waals surface area (Å²) in [6.07, 6.45) is 1.88. The van der Waals surface area contributed by atoms with E-state index in [0.717, 1.165) is 18.4 Å². The number of nitrogens with two attached hydrogens (primary N) is 1. The number of ether oxygens (including phenoxy) is 1. The first kappa shape index (κ1) is 11.0. The predicted octanol–water partition coefficient (Wildman–Crippen LogP) is 2.46. The fourth-order valence-corrected chi connectivity index (χ4v) is 2.14. The lowest BCUT2D eigenvalue weighted by Gasteiger charge is -2.03. The fourth-order valence-electron chi connectivity index (χ4n) is 1.30. The van der Waals surface area contributed by atoms with E-state index in [1.165, 1.54) is 11.3 Å². The quantitative estimate of drug-likeness (QED) is 0.782. The van der Waals surface area contributed by atoms with Crippen molar-refractivity contribution in [2.45, 2.75) is 26.7 Å². The fraction of sp³-hybridized carbons (Fsp3) is 0.500. The van der Waals surface area contributed by atoms with E-state index < -0.39 is 0 Å². The molecule has 4 heteroatoms. The lowest BCUT2D eigenvalue weighted by molar-refractivity contribution is 0.0527. The average molecular weight is 213 g/mol. The SMILES string of the molecule is CCCc1csc(N)c1C(=O)OCC. The van der Waals surface area contributed by atoms with Crippen LogP contribution in [-0.2, 0) is 11.2 Å². The molecular formula is C10H15NO2S. The van der Waals surface area contributed by atoms with Crippen LogP contribution in [0.15, 0.2) is 5.38 Å². The van der Waals surface area contributed by atoms with Crippen LogP contribution in [0.3, 0.4) is 0 Å². The van der Waals surface area contributed by atoms with Gasteiger partial charge in [-0.05, 0) is 24.3 Å². The van der Waals surface area contributed by atoms with Gasteiger partial charge in [-0.1, -0.05) is 13.3 Å². The molecule has 0 saturated heterocycles. The highest BCUT2D eigenvalue weighted by Gasteiger charge is 2.17. The van der Waals surface area contributed by atoms with Gasteiger partial charge in [-0.25, -0.2) is 4.79 Å². The summed E-state index contributed by atoms with van der Waals surface area (Å²) < 4.78 is 4.94. The van der Waals surface area contributed by atoms with Crippen LogP contribution in [0.5, 0.6) is 0 Å². The maximum absolute atomic E-state index is 11.5. The van der Waals surface area contributed by atoms with Crippen molar-refractivity contribution in [2.24, 2.45) is 0 Å². The number of hydrogen-bond acceptors (Lipinski definition) is 4. The first-order valence-electron chi connectivity index (χ1n) is 4.73. The van der Waals surface area contributed by atoms with E-state index in [2.05, 4.69) is 6.92 Å². The first-order valence-corrected chi connectivity index (χ1v) is 5.61. The van der Waals surface area contributed by atoms with Crippen molar-refractivity contribution >= 4 is 22.3 Å². The zero-order chi connectivity index (χ0) is 10.6. The van der Waals surface area contributed by atoms with E-state index in [4.69, 9.17) is 10.5 Å². The monoisotopic (exact) mass is 213 g/mol. The zero-order valence-corrected chi connectivity index (χ0v) is 9.32. The molecule has 14 heavy (non-hydrogen) atoms. The van der Waals surface area contributed by atoms with Crippen molar-refractivity contribution in [3.8, 4) is 0 Å². The number of rotatable bonds is 4. The second kappa shape index (κ2) is 5.00. The summed E-state index contributed by atoms with van der Waals surface area (Å²) >= 11 is 1.40. The molecule has 1 aromatic heterocycles. The molecule has 1 rings (SSSR count). The Morgan fingerprint density at radius 3 is 2.86 bits per heavy atom. The molecule has 1 heterocycles. The van der Waals surface area contributed by atoms with Crippen molar-refractivity contribution in [2.75, 3.05) is 12.3 Å². The molecule has 0 bridgehead atoms.